The molecular formula is C16H20N4O3S2. The number of ketones is 1. The van der Waals surface area contributed by atoms with Crippen molar-refractivity contribution in [2.24, 2.45) is 0 Å². The summed E-state index contributed by atoms with van der Waals surface area (Å²) in [6, 6.07) is 6.23. The summed E-state index contributed by atoms with van der Waals surface area (Å²) in [6.07, 6.45) is 2.55. The van der Waals surface area contributed by atoms with Crippen molar-refractivity contribution in [3.63, 3.8) is 0 Å². The van der Waals surface area contributed by atoms with E-state index >= 15 is 0 Å². The van der Waals surface area contributed by atoms with Gasteiger partial charge in [-0.05, 0) is 31.4 Å². The van der Waals surface area contributed by atoms with Gasteiger partial charge in [-0.1, -0.05) is 30.4 Å². The monoisotopic (exact) mass is 380 g/mol. The maximum Gasteiger partial charge on any atom is 0.243 e. The Morgan fingerprint density at radius 1 is 1.28 bits per heavy atom. The average Bonchev–Trinajstić information content (AvgIpc) is 3.31. The zero-order chi connectivity index (χ0) is 17.9. The molecule has 0 saturated carbocycles. The van der Waals surface area contributed by atoms with Crippen LogP contribution in [0.15, 0.2) is 29.2 Å². The van der Waals surface area contributed by atoms with Crippen molar-refractivity contribution in [1.82, 2.24) is 14.5 Å². The Morgan fingerprint density at radius 3 is 2.72 bits per heavy atom. The van der Waals surface area contributed by atoms with E-state index in [9.17, 15) is 13.2 Å². The Hall–Kier alpha value is -1.84. The van der Waals surface area contributed by atoms with Gasteiger partial charge in [0, 0.05) is 18.7 Å². The number of aromatic nitrogens is 2. The number of benzene rings is 1. The number of Topliss-reactive ketones (excluding diaryl/α,β-unsaturated/α-hetero) is 1. The number of nitrogens with zero attached hydrogens (tertiary/aromatic N) is 3. The fourth-order valence-corrected chi connectivity index (χ4v) is 4.87. The van der Waals surface area contributed by atoms with Crippen LogP contribution in [0.3, 0.4) is 0 Å². The zero-order valence-corrected chi connectivity index (χ0v) is 15.6. The summed E-state index contributed by atoms with van der Waals surface area (Å²) in [6.45, 7) is 3.12. The number of carbonyl (C=O) groups excluding carboxylic acids is 1. The number of hydrogen-bond acceptors (Lipinski definition) is 7. The summed E-state index contributed by atoms with van der Waals surface area (Å²) in [7, 11) is -3.52. The van der Waals surface area contributed by atoms with Crippen LogP contribution in [0.4, 0.5) is 5.13 Å². The highest BCUT2D eigenvalue weighted by Gasteiger charge is 2.27. The van der Waals surface area contributed by atoms with Crippen LogP contribution >= 0.6 is 11.3 Å². The van der Waals surface area contributed by atoms with Crippen LogP contribution in [0.1, 0.15) is 35.1 Å². The van der Waals surface area contributed by atoms with Gasteiger partial charge >= 0.3 is 0 Å². The molecule has 1 aromatic carbocycles. The Labute approximate surface area is 151 Å². The lowest BCUT2D eigenvalue weighted by Gasteiger charge is -2.15. The standard InChI is InChI=1S/C16H20N4O3S2/c1-2-15-18-19-16(24-15)17-11-14(21)12-6-5-7-13(10-12)25(22,23)20-8-3-4-9-20/h5-7,10H,2-4,8-9,11H2,1H3,(H,17,19). The molecule has 1 aromatic heterocycles. The number of rotatable bonds is 7. The van der Waals surface area contributed by atoms with Crippen molar-refractivity contribution >= 4 is 32.3 Å². The van der Waals surface area contributed by atoms with Crippen molar-refractivity contribution in [1.29, 1.82) is 0 Å². The third-order valence-electron chi connectivity index (χ3n) is 4.03. The molecule has 0 bridgehead atoms. The summed E-state index contributed by atoms with van der Waals surface area (Å²) in [4.78, 5) is 12.6. The maximum atomic E-state index is 12.6. The Bertz CT molecular complexity index is 858. The van der Waals surface area contributed by atoms with Crippen LogP contribution in [0.2, 0.25) is 0 Å². The molecule has 0 radical (unpaired) electrons. The number of nitrogens with one attached hydrogen (secondary N) is 1. The second-order valence-corrected chi connectivity index (χ2v) is 8.77. The smallest absolute Gasteiger partial charge is 0.243 e. The first-order valence-corrected chi connectivity index (χ1v) is 10.5. The summed E-state index contributed by atoms with van der Waals surface area (Å²) < 4.78 is 26.7. The molecule has 1 aliphatic heterocycles. The first-order chi connectivity index (χ1) is 12.0. The molecule has 7 nitrogen and oxygen atoms in total. The van der Waals surface area contributed by atoms with E-state index in [2.05, 4.69) is 15.5 Å². The van der Waals surface area contributed by atoms with Gasteiger partial charge in [0.2, 0.25) is 15.2 Å². The Balaban J connectivity index is 1.71. The molecule has 0 aliphatic carbocycles. The summed E-state index contributed by atoms with van der Waals surface area (Å²) in [5.74, 6) is -0.188. The lowest BCUT2D eigenvalue weighted by atomic mass is 10.1. The van der Waals surface area contributed by atoms with Crippen LogP contribution in [-0.4, -0.2) is 48.3 Å². The Morgan fingerprint density at radius 2 is 2.04 bits per heavy atom. The molecule has 0 unspecified atom stereocenters. The van der Waals surface area contributed by atoms with E-state index in [1.807, 2.05) is 6.92 Å². The predicted octanol–water partition coefficient (Wildman–Crippen LogP) is 2.18. The van der Waals surface area contributed by atoms with E-state index in [1.54, 1.807) is 12.1 Å². The first-order valence-electron chi connectivity index (χ1n) is 8.20. The fraction of sp³-hybridized carbons (Fsp3) is 0.438. The van der Waals surface area contributed by atoms with Gasteiger partial charge in [0.1, 0.15) is 5.01 Å². The fourth-order valence-electron chi connectivity index (χ4n) is 2.63. The van der Waals surface area contributed by atoms with Gasteiger partial charge < -0.3 is 5.32 Å². The molecule has 9 heteroatoms. The molecule has 2 heterocycles. The van der Waals surface area contributed by atoms with E-state index in [4.69, 9.17) is 0 Å². The molecule has 0 amide bonds. The molecular weight excluding hydrogens is 360 g/mol. The quantitative estimate of drug-likeness (QED) is 0.740. The van der Waals surface area contributed by atoms with Gasteiger partial charge in [0.25, 0.3) is 0 Å². The zero-order valence-electron chi connectivity index (χ0n) is 13.9. The highest BCUT2D eigenvalue weighted by molar-refractivity contribution is 7.89. The van der Waals surface area contributed by atoms with Crippen molar-refractivity contribution in [2.45, 2.75) is 31.1 Å². The van der Waals surface area contributed by atoms with E-state index in [-0.39, 0.29) is 17.2 Å². The third kappa shape index (κ3) is 4.05. The maximum absolute atomic E-state index is 12.6. The van der Waals surface area contributed by atoms with Crippen molar-refractivity contribution in [3.8, 4) is 0 Å². The first kappa shape index (κ1) is 18.0. The predicted molar refractivity (Wildman–Crippen MR) is 96.5 cm³/mol. The largest absolute Gasteiger partial charge is 0.353 e. The summed E-state index contributed by atoms with van der Waals surface area (Å²) >= 11 is 1.41. The lowest BCUT2D eigenvalue weighted by molar-refractivity contribution is 0.101. The van der Waals surface area contributed by atoms with Crippen LogP contribution in [0.25, 0.3) is 0 Å². The number of sulfonamides is 1. The Kier molecular flexibility index (Phi) is 5.45. The van der Waals surface area contributed by atoms with Crippen LogP contribution in [-0.2, 0) is 16.4 Å². The van der Waals surface area contributed by atoms with Crippen molar-refractivity contribution in [3.05, 3.63) is 34.8 Å². The number of aryl methyl sites for hydroxylation is 1. The third-order valence-corrected chi connectivity index (χ3v) is 6.95. The minimum absolute atomic E-state index is 0.0472. The SMILES string of the molecule is CCc1nnc(NCC(=O)c2cccc(S(=O)(=O)N3CCCC3)c2)s1. The average molecular weight is 380 g/mol. The van der Waals surface area contributed by atoms with Crippen LogP contribution in [0.5, 0.6) is 0 Å². The number of carbonyl (C=O) groups is 1. The van der Waals surface area contributed by atoms with E-state index in [0.717, 1.165) is 24.3 Å². The van der Waals surface area contributed by atoms with Crippen molar-refractivity contribution in [2.75, 3.05) is 25.0 Å². The number of hydrogen-bond donors (Lipinski definition) is 1. The number of anilines is 1. The molecule has 1 N–H and O–H groups in total. The summed E-state index contributed by atoms with van der Waals surface area (Å²) in [5, 5.41) is 12.4. The molecule has 2 aromatic rings. The second-order valence-electron chi connectivity index (χ2n) is 5.77. The molecule has 25 heavy (non-hydrogen) atoms. The van der Waals surface area contributed by atoms with Crippen LogP contribution < -0.4 is 5.32 Å². The normalized spacial score (nSPS) is 15.4. The lowest BCUT2D eigenvalue weighted by Crippen LogP contribution is -2.28. The van der Waals surface area contributed by atoms with Gasteiger partial charge in [0.05, 0.1) is 11.4 Å². The minimum atomic E-state index is -3.52. The van der Waals surface area contributed by atoms with Gasteiger partial charge in [-0.25, -0.2) is 8.42 Å². The van der Waals surface area contributed by atoms with Gasteiger partial charge in [-0.15, -0.1) is 10.2 Å². The molecule has 3 rings (SSSR count). The van der Waals surface area contributed by atoms with Gasteiger partial charge in [0.15, 0.2) is 5.78 Å². The van der Waals surface area contributed by atoms with Crippen molar-refractivity contribution < 1.29 is 13.2 Å². The molecule has 134 valence electrons. The van der Waals surface area contributed by atoms with E-state index in [1.165, 1.54) is 27.8 Å². The highest BCUT2D eigenvalue weighted by Crippen LogP contribution is 2.22. The topological polar surface area (TPSA) is 92.3 Å². The van der Waals surface area contributed by atoms with Gasteiger partial charge in [-0.3, -0.25) is 4.79 Å². The minimum Gasteiger partial charge on any atom is -0.353 e. The highest BCUT2D eigenvalue weighted by atomic mass is 32.2. The second kappa shape index (κ2) is 7.59. The van der Waals surface area contributed by atoms with Gasteiger partial charge in [-0.2, -0.15) is 4.31 Å². The van der Waals surface area contributed by atoms with E-state index in [0.29, 0.717) is 23.8 Å². The van der Waals surface area contributed by atoms with Crippen LogP contribution in [0, 0.1) is 0 Å². The molecule has 0 spiro atoms. The van der Waals surface area contributed by atoms with E-state index < -0.39 is 10.0 Å². The molecule has 0 atom stereocenters. The molecule has 1 fully saturated rings. The summed E-state index contributed by atoms with van der Waals surface area (Å²) in [5.41, 5.74) is 0.369. The molecule has 1 saturated heterocycles. The molecule has 1 aliphatic rings.